The normalized spacial score (nSPS) is 11.0. The van der Waals surface area contributed by atoms with E-state index in [1.807, 2.05) is 35.7 Å². The summed E-state index contributed by atoms with van der Waals surface area (Å²) < 4.78 is 10.8. The van der Waals surface area contributed by atoms with E-state index in [2.05, 4.69) is 9.97 Å². The standard InChI is InChI=1S/C15H13ClN2O2S/c1-19-11-4-2-10(3-5-11)8-20-9-13-17-14(16)12-6-7-21-15(12)18-13/h2-7H,8-9H2,1H3. The van der Waals surface area contributed by atoms with E-state index in [4.69, 9.17) is 21.1 Å². The molecule has 0 bridgehead atoms. The molecule has 4 nitrogen and oxygen atoms in total. The minimum Gasteiger partial charge on any atom is -0.497 e. The number of benzene rings is 1. The summed E-state index contributed by atoms with van der Waals surface area (Å²) in [5, 5.41) is 3.32. The van der Waals surface area contributed by atoms with E-state index >= 15 is 0 Å². The lowest BCUT2D eigenvalue weighted by Crippen LogP contribution is -2.00. The molecule has 0 unspecified atom stereocenters. The Morgan fingerprint density at radius 3 is 2.67 bits per heavy atom. The van der Waals surface area contributed by atoms with Gasteiger partial charge in [0, 0.05) is 5.39 Å². The van der Waals surface area contributed by atoms with Crippen LogP contribution in [0.4, 0.5) is 0 Å². The van der Waals surface area contributed by atoms with Crippen LogP contribution in [0.5, 0.6) is 5.75 Å². The number of aromatic nitrogens is 2. The van der Waals surface area contributed by atoms with Crippen molar-refractivity contribution in [2.75, 3.05) is 7.11 Å². The Bertz CT molecular complexity index is 743. The first kappa shape index (κ1) is 14.3. The minimum atomic E-state index is 0.333. The second kappa shape index (κ2) is 6.39. The van der Waals surface area contributed by atoms with Crippen LogP contribution in [0.1, 0.15) is 11.4 Å². The van der Waals surface area contributed by atoms with Crippen molar-refractivity contribution in [3.05, 3.63) is 52.3 Å². The van der Waals surface area contributed by atoms with Gasteiger partial charge in [0.1, 0.15) is 22.3 Å². The molecule has 0 atom stereocenters. The first-order valence-electron chi connectivity index (χ1n) is 6.36. The summed E-state index contributed by atoms with van der Waals surface area (Å²) in [7, 11) is 1.65. The number of nitrogens with zero attached hydrogens (tertiary/aromatic N) is 2. The lowest BCUT2D eigenvalue weighted by molar-refractivity contribution is 0.102. The average molecular weight is 321 g/mol. The van der Waals surface area contributed by atoms with E-state index in [1.165, 1.54) is 0 Å². The maximum Gasteiger partial charge on any atom is 0.157 e. The SMILES string of the molecule is COc1ccc(COCc2nc(Cl)c3ccsc3n2)cc1. The quantitative estimate of drug-likeness (QED) is 0.665. The predicted molar refractivity (Wildman–Crippen MR) is 83.9 cm³/mol. The van der Waals surface area contributed by atoms with Crippen LogP contribution >= 0.6 is 22.9 Å². The van der Waals surface area contributed by atoms with E-state index in [1.54, 1.807) is 18.4 Å². The van der Waals surface area contributed by atoms with E-state index < -0.39 is 0 Å². The third-order valence-corrected chi connectivity index (χ3v) is 4.08. The van der Waals surface area contributed by atoms with Gasteiger partial charge in [0.05, 0.1) is 13.7 Å². The molecule has 0 spiro atoms. The van der Waals surface area contributed by atoms with Crippen LogP contribution in [0.15, 0.2) is 35.7 Å². The zero-order chi connectivity index (χ0) is 14.7. The summed E-state index contributed by atoms with van der Waals surface area (Å²) in [4.78, 5) is 9.57. The number of fused-ring (bicyclic) bond motifs is 1. The Labute approximate surface area is 131 Å². The Morgan fingerprint density at radius 2 is 1.90 bits per heavy atom. The molecule has 6 heteroatoms. The molecule has 0 aliphatic carbocycles. The lowest BCUT2D eigenvalue weighted by Gasteiger charge is -2.05. The molecular weight excluding hydrogens is 308 g/mol. The Kier molecular flexibility index (Phi) is 4.34. The van der Waals surface area contributed by atoms with Crippen LogP contribution in [0.2, 0.25) is 5.15 Å². The summed E-state index contributed by atoms with van der Waals surface area (Å²) in [5.41, 5.74) is 1.07. The molecule has 0 N–H and O–H groups in total. The van der Waals surface area contributed by atoms with Gasteiger partial charge in [-0.1, -0.05) is 23.7 Å². The number of ether oxygens (including phenoxy) is 2. The molecule has 0 aliphatic heterocycles. The highest BCUT2D eigenvalue weighted by molar-refractivity contribution is 7.16. The highest BCUT2D eigenvalue weighted by Crippen LogP contribution is 2.25. The van der Waals surface area contributed by atoms with Crippen LogP contribution in [-0.2, 0) is 18.0 Å². The van der Waals surface area contributed by atoms with Crippen molar-refractivity contribution < 1.29 is 9.47 Å². The highest BCUT2D eigenvalue weighted by atomic mass is 35.5. The molecule has 0 saturated carbocycles. The smallest absolute Gasteiger partial charge is 0.157 e. The van der Waals surface area contributed by atoms with Crippen molar-refractivity contribution in [1.29, 1.82) is 0 Å². The number of rotatable bonds is 5. The van der Waals surface area contributed by atoms with Crippen molar-refractivity contribution in [1.82, 2.24) is 9.97 Å². The van der Waals surface area contributed by atoms with Crippen LogP contribution in [0.25, 0.3) is 10.2 Å². The molecule has 2 heterocycles. The number of thiophene rings is 1. The summed E-state index contributed by atoms with van der Waals surface area (Å²) in [6.07, 6.45) is 0. The lowest BCUT2D eigenvalue weighted by atomic mass is 10.2. The number of halogens is 1. The molecule has 0 radical (unpaired) electrons. The number of hydrogen-bond donors (Lipinski definition) is 0. The molecule has 21 heavy (non-hydrogen) atoms. The number of methoxy groups -OCH3 is 1. The van der Waals surface area contributed by atoms with Gasteiger partial charge < -0.3 is 9.47 Å². The van der Waals surface area contributed by atoms with Gasteiger partial charge in [0.2, 0.25) is 0 Å². The molecule has 0 amide bonds. The fraction of sp³-hybridized carbons (Fsp3) is 0.200. The molecule has 3 rings (SSSR count). The molecule has 0 aliphatic rings. The minimum absolute atomic E-state index is 0.333. The second-order valence-electron chi connectivity index (χ2n) is 4.41. The third-order valence-electron chi connectivity index (χ3n) is 2.98. The zero-order valence-corrected chi connectivity index (χ0v) is 12.9. The third kappa shape index (κ3) is 3.32. The molecule has 2 aromatic heterocycles. The van der Waals surface area contributed by atoms with Gasteiger partial charge >= 0.3 is 0 Å². The maximum absolute atomic E-state index is 6.12. The fourth-order valence-corrected chi connectivity index (χ4v) is 3.00. The summed E-state index contributed by atoms with van der Waals surface area (Å²) in [6, 6.07) is 9.67. The topological polar surface area (TPSA) is 44.2 Å². The van der Waals surface area contributed by atoms with Crippen molar-refractivity contribution in [3.8, 4) is 5.75 Å². The van der Waals surface area contributed by atoms with Gasteiger partial charge in [-0.3, -0.25) is 0 Å². The van der Waals surface area contributed by atoms with Crippen LogP contribution < -0.4 is 4.74 Å². The van der Waals surface area contributed by atoms with Gasteiger partial charge in [-0.15, -0.1) is 11.3 Å². The van der Waals surface area contributed by atoms with E-state index in [0.29, 0.717) is 24.2 Å². The van der Waals surface area contributed by atoms with E-state index in [-0.39, 0.29) is 0 Å². The van der Waals surface area contributed by atoms with E-state index in [9.17, 15) is 0 Å². The van der Waals surface area contributed by atoms with Crippen LogP contribution in [0, 0.1) is 0 Å². The van der Waals surface area contributed by atoms with Crippen LogP contribution in [0.3, 0.4) is 0 Å². The maximum atomic E-state index is 6.12. The summed E-state index contributed by atoms with van der Waals surface area (Å²) >= 11 is 7.66. The van der Waals surface area contributed by atoms with Gasteiger partial charge in [-0.2, -0.15) is 0 Å². The van der Waals surface area contributed by atoms with Gasteiger partial charge in [0.25, 0.3) is 0 Å². The molecule has 0 fully saturated rings. The van der Waals surface area contributed by atoms with Crippen molar-refractivity contribution >= 4 is 33.2 Å². The predicted octanol–water partition coefficient (Wildman–Crippen LogP) is 4.07. The van der Waals surface area contributed by atoms with Crippen molar-refractivity contribution in [2.24, 2.45) is 0 Å². The summed E-state index contributed by atoms with van der Waals surface area (Å²) in [6.45, 7) is 0.826. The Balaban J connectivity index is 1.63. The van der Waals surface area contributed by atoms with Gasteiger partial charge in [0.15, 0.2) is 5.82 Å². The van der Waals surface area contributed by atoms with Gasteiger partial charge in [-0.05, 0) is 29.1 Å². The van der Waals surface area contributed by atoms with E-state index in [0.717, 1.165) is 21.5 Å². The second-order valence-corrected chi connectivity index (χ2v) is 5.66. The summed E-state index contributed by atoms with van der Waals surface area (Å²) in [5.74, 6) is 1.43. The molecule has 0 saturated heterocycles. The highest BCUT2D eigenvalue weighted by Gasteiger charge is 2.07. The van der Waals surface area contributed by atoms with Crippen molar-refractivity contribution in [3.63, 3.8) is 0 Å². The molecule has 3 aromatic rings. The first-order chi connectivity index (χ1) is 10.3. The fourth-order valence-electron chi connectivity index (χ4n) is 1.91. The van der Waals surface area contributed by atoms with Crippen LogP contribution in [-0.4, -0.2) is 17.1 Å². The molecule has 1 aromatic carbocycles. The Morgan fingerprint density at radius 1 is 1.10 bits per heavy atom. The monoisotopic (exact) mass is 320 g/mol. The molecular formula is C15H13ClN2O2S. The zero-order valence-electron chi connectivity index (χ0n) is 11.4. The first-order valence-corrected chi connectivity index (χ1v) is 7.62. The number of hydrogen-bond acceptors (Lipinski definition) is 5. The van der Waals surface area contributed by atoms with Crippen molar-refractivity contribution in [2.45, 2.75) is 13.2 Å². The largest absolute Gasteiger partial charge is 0.497 e. The van der Waals surface area contributed by atoms with Gasteiger partial charge in [-0.25, -0.2) is 9.97 Å². The average Bonchev–Trinajstić information content (AvgIpc) is 2.97. The Hall–Kier alpha value is -1.69. The molecule has 108 valence electrons.